The fraction of sp³-hybridized carbons (Fsp3) is 0.549. The Morgan fingerprint density at radius 2 is 0.807 bits per heavy atom. The van der Waals surface area contributed by atoms with Gasteiger partial charge in [0.2, 0.25) is 0 Å². The average Bonchev–Trinajstić information content (AvgIpc) is 3.21. The molecule has 0 rings (SSSR count). The van der Waals surface area contributed by atoms with Crippen LogP contribution in [-0.4, -0.2) is 37.2 Å². The summed E-state index contributed by atoms with van der Waals surface area (Å²) >= 11 is 0. The molecule has 6 heteroatoms. The van der Waals surface area contributed by atoms with Gasteiger partial charge in [-0.15, -0.1) is 0 Å². The van der Waals surface area contributed by atoms with Crippen molar-refractivity contribution in [1.29, 1.82) is 0 Å². The van der Waals surface area contributed by atoms with E-state index in [1.165, 1.54) is 38.5 Å². The van der Waals surface area contributed by atoms with Gasteiger partial charge in [-0.25, -0.2) is 0 Å². The molecule has 0 aromatic rings. The molecular formula is C51H78O6. The van der Waals surface area contributed by atoms with Crippen molar-refractivity contribution in [2.45, 2.75) is 168 Å². The largest absolute Gasteiger partial charge is 0.462 e. The first-order valence-corrected chi connectivity index (χ1v) is 22.1. The lowest BCUT2D eigenvalue weighted by Gasteiger charge is -2.18. The first-order chi connectivity index (χ1) is 28.0. The molecule has 0 aliphatic carbocycles. The molecule has 1 atom stereocenters. The zero-order chi connectivity index (χ0) is 41.5. The Morgan fingerprint density at radius 3 is 1.37 bits per heavy atom. The second kappa shape index (κ2) is 44.5. The number of carbonyl (C=O) groups excluding carboxylic acids is 3. The third-order valence-corrected chi connectivity index (χ3v) is 8.63. The van der Waals surface area contributed by atoms with Gasteiger partial charge in [0, 0.05) is 19.3 Å². The number of hydrogen-bond donors (Lipinski definition) is 0. The SMILES string of the molecule is CC/C=C/C=C/C=C/C=C/C=C/CCCC(=O)OCC(COC(=O)CC/C=C/C/C=C/CCCCCCCC)OC(=O)CCCCCCC/C=C/C=C/C=C/CC. The third-order valence-electron chi connectivity index (χ3n) is 8.63. The van der Waals surface area contributed by atoms with Gasteiger partial charge in [-0.2, -0.15) is 0 Å². The molecule has 0 aromatic carbocycles. The Balaban J connectivity index is 4.64. The molecule has 0 bridgehead atoms. The maximum Gasteiger partial charge on any atom is 0.306 e. The Morgan fingerprint density at radius 1 is 0.386 bits per heavy atom. The predicted octanol–water partition coefficient (Wildman–Crippen LogP) is 14.2. The molecule has 0 aliphatic heterocycles. The van der Waals surface area contributed by atoms with Crippen LogP contribution in [0.5, 0.6) is 0 Å². The number of hydrogen-bond acceptors (Lipinski definition) is 6. The van der Waals surface area contributed by atoms with E-state index in [9.17, 15) is 14.4 Å². The van der Waals surface area contributed by atoms with Gasteiger partial charge >= 0.3 is 17.9 Å². The van der Waals surface area contributed by atoms with Crippen molar-refractivity contribution >= 4 is 17.9 Å². The van der Waals surface area contributed by atoms with Gasteiger partial charge in [-0.1, -0.05) is 194 Å². The number of allylic oxidation sites excluding steroid dienone is 20. The first-order valence-electron chi connectivity index (χ1n) is 22.1. The van der Waals surface area contributed by atoms with Gasteiger partial charge in [0.25, 0.3) is 0 Å². The van der Waals surface area contributed by atoms with Crippen LogP contribution in [0.15, 0.2) is 122 Å². The van der Waals surface area contributed by atoms with Crippen molar-refractivity contribution in [2.24, 2.45) is 0 Å². The fourth-order valence-electron chi connectivity index (χ4n) is 5.35. The van der Waals surface area contributed by atoms with Gasteiger partial charge in [0.05, 0.1) is 0 Å². The van der Waals surface area contributed by atoms with Crippen LogP contribution >= 0.6 is 0 Å². The number of rotatable bonds is 37. The standard InChI is InChI=1S/C51H78O6/c1-4-7-10-13-16-19-22-25-28-31-34-37-40-43-49(52)55-46-48(57-51(54)45-42-39-36-33-30-27-24-21-18-15-12-9-6-3)47-56-50(53)44-41-38-35-32-29-26-23-20-17-14-11-8-5-2/h7,9-10,12-13,15-16,18-19,21-22,24-26,28-29,31,34-35,38,48H,4-6,8,11,14,17,20,23,27,30,32-33,36-37,39-47H2,1-3H3/b10-7+,12-9+,16-13+,18-15+,22-19+,24-21+,28-25+,29-26+,34-31+,38-35+. The van der Waals surface area contributed by atoms with E-state index in [4.69, 9.17) is 14.2 Å². The zero-order valence-electron chi connectivity index (χ0n) is 36.0. The van der Waals surface area contributed by atoms with Crippen LogP contribution in [0.1, 0.15) is 162 Å². The Bertz CT molecular complexity index is 1270. The smallest absolute Gasteiger partial charge is 0.306 e. The molecule has 0 radical (unpaired) electrons. The number of unbranched alkanes of at least 4 members (excludes halogenated alkanes) is 12. The second-order valence-corrected chi connectivity index (χ2v) is 14.0. The van der Waals surface area contributed by atoms with E-state index in [2.05, 4.69) is 75.5 Å². The van der Waals surface area contributed by atoms with Crippen LogP contribution in [0.3, 0.4) is 0 Å². The van der Waals surface area contributed by atoms with Crippen LogP contribution in [0, 0.1) is 0 Å². The molecule has 57 heavy (non-hydrogen) atoms. The Labute approximate surface area is 348 Å². The Hall–Kier alpha value is -4.19. The van der Waals surface area contributed by atoms with Gasteiger partial charge < -0.3 is 14.2 Å². The maximum atomic E-state index is 12.7. The highest BCUT2D eigenvalue weighted by atomic mass is 16.6. The summed E-state index contributed by atoms with van der Waals surface area (Å²) in [6.07, 6.45) is 60.6. The van der Waals surface area contributed by atoms with Crippen LogP contribution in [-0.2, 0) is 28.6 Å². The lowest BCUT2D eigenvalue weighted by Crippen LogP contribution is -2.30. The molecule has 6 nitrogen and oxygen atoms in total. The zero-order valence-corrected chi connectivity index (χ0v) is 36.0. The minimum absolute atomic E-state index is 0.144. The van der Waals surface area contributed by atoms with E-state index >= 15 is 0 Å². The minimum Gasteiger partial charge on any atom is -0.462 e. The average molecular weight is 787 g/mol. The molecule has 0 heterocycles. The van der Waals surface area contributed by atoms with Crippen LogP contribution < -0.4 is 0 Å². The molecule has 318 valence electrons. The lowest BCUT2D eigenvalue weighted by molar-refractivity contribution is -0.166. The van der Waals surface area contributed by atoms with Crippen molar-refractivity contribution < 1.29 is 28.6 Å². The lowest BCUT2D eigenvalue weighted by atomic mass is 10.1. The summed E-state index contributed by atoms with van der Waals surface area (Å²) in [5.41, 5.74) is 0. The highest BCUT2D eigenvalue weighted by Crippen LogP contribution is 2.11. The van der Waals surface area contributed by atoms with Crippen molar-refractivity contribution in [3.05, 3.63) is 122 Å². The van der Waals surface area contributed by atoms with Gasteiger partial charge in [-0.3, -0.25) is 14.4 Å². The van der Waals surface area contributed by atoms with Crippen molar-refractivity contribution in [2.75, 3.05) is 13.2 Å². The highest BCUT2D eigenvalue weighted by molar-refractivity contribution is 5.71. The van der Waals surface area contributed by atoms with Crippen molar-refractivity contribution in [1.82, 2.24) is 0 Å². The molecule has 0 fully saturated rings. The van der Waals surface area contributed by atoms with E-state index in [1.54, 1.807) is 0 Å². The molecule has 0 aromatic heterocycles. The van der Waals surface area contributed by atoms with E-state index in [-0.39, 0.29) is 50.4 Å². The normalized spacial score (nSPS) is 13.2. The first kappa shape index (κ1) is 52.8. The van der Waals surface area contributed by atoms with E-state index in [0.717, 1.165) is 70.6 Å². The van der Waals surface area contributed by atoms with E-state index < -0.39 is 6.10 Å². The van der Waals surface area contributed by atoms with Crippen molar-refractivity contribution in [3.8, 4) is 0 Å². The monoisotopic (exact) mass is 787 g/mol. The summed E-state index contributed by atoms with van der Waals surface area (Å²) in [5, 5.41) is 0. The quantitative estimate of drug-likeness (QED) is 0.0205. The van der Waals surface area contributed by atoms with E-state index in [1.807, 2.05) is 66.8 Å². The van der Waals surface area contributed by atoms with Crippen LogP contribution in [0.2, 0.25) is 0 Å². The summed E-state index contributed by atoms with van der Waals surface area (Å²) in [6.45, 7) is 6.17. The Kier molecular flexibility index (Phi) is 41.3. The molecule has 0 aliphatic rings. The van der Waals surface area contributed by atoms with Gasteiger partial charge in [0.1, 0.15) is 13.2 Å². The summed E-state index contributed by atoms with van der Waals surface area (Å²) in [4.78, 5) is 37.7. The predicted molar refractivity (Wildman–Crippen MR) is 242 cm³/mol. The molecule has 0 spiro atoms. The topological polar surface area (TPSA) is 78.9 Å². The second-order valence-electron chi connectivity index (χ2n) is 14.0. The number of carbonyl (C=O) groups is 3. The van der Waals surface area contributed by atoms with E-state index in [0.29, 0.717) is 12.8 Å². The molecule has 0 N–H and O–H groups in total. The van der Waals surface area contributed by atoms with Gasteiger partial charge in [0.15, 0.2) is 6.10 Å². The third kappa shape index (κ3) is 42.8. The molecule has 1 unspecified atom stereocenters. The molecule has 0 saturated carbocycles. The highest BCUT2D eigenvalue weighted by Gasteiger charge is 2.19. The number of ether oxygens (including phenoxy) is 3. The van der Waals surface area contributed by atoms with Gasteiger partial charge in [-0.05, 0) is 70.6 Å². The van der Waals surface area contributed by atoms with Crippen LogP contribution in [0.4, 0.5) is 0 Å². The maximum absolute atomic E-state index is 12.7. The molecule has 0 amide bonds. The number of esters is 3. The summed E-state index contributed by atoms with van der Waals surface area (Å²) in [6, 6.07) is 0. The minimum atomic E-state index is -0.841. The van der Waals surface area contributed by atoms with Crippen molar-refractivity contribution in [3.63, 3.8) is 0 Å². The molecular weight excluding hydrogens is 709 g/mol. The molecule has 0 saturated heterocycles. The fourth-order valence-corrected chi connectivity index (χ4v) is 5.35. The summed E-state index contributed by atoms with van der Waals surface area (Å²) in [7, 11) is 0. The van der Waals surface area contributed by atoms with Crippen LogP contribution in [0.25, 0.3) is 0 Å². The summed E-state index contributed by atoms with van der Waals surface area (Å²) < 4.78 is 16.5. The summed E-state index contributed by atoms with van der Waals surface area (Å²) in [5.74, 6) is -1.12.